The topological polar surface area (TPSA) is 68.7 Å². The molecule has 6 nitrogen and oxygen atoms in total. The molecule has 2 aliphatic rings. The van der Waals surface area contributed by atoms with E-state index in [1.165, 1.54) is 16.2 Å². The second-order valence-electron chi connectivity index (χ2n) is 6.86. The number of rotatable bonds is 6. The molecule has 0 unspecified atom stereocenters. The van der Waals surface area contributed by atoms with Gasteiger partial charge in [-0.2, -0.15) is 0 Å². The highest BCUT2D eigenvalue weighted by Gasteiger charge is 2.47. The van der Waals surface area contributed by atoms with Gasteiger partial charge in [-0.05, 0) is 38.0 Å². The van der Waals surface area contributed by atoms with Crippen LogP contribution in [0.2, 0.25) is 0 Å². The number of hydrogen-bond acceptors (Lipinski definition) is 6. The molecular weight excluding hydrogens is 376 g/mol. The lowest BCUT2D eigenvalue weighted by atomic mass is 9.85. The highest BCUT2D eigenvalue weighted by molar-refractivity contribution is 7.13. The molecule has 2 aromatic rings. The van der Waals surface area contributed by atoms with Crippen LogP contribution in [0, 0.1) is 11.8 Å². The standard InChI is InChI=1S/C21H22N2O4S/c1-3-27-17-9-8-13(10-18(17)26-2)19-22-14(12-28-19)11-23-20(24)15-6-4-5-7-16(15)21(23)25/h4-5,8-10,12,15-16H,3,6-7,11H2,1-2H3/t15-,16-/m0/s1. The van der Waals surface area contributed by atoms with Gasteiger partial charge in [-0.15, -0.1) is 11.3 Å². The van der Waals surface area contributed by atoms with Crippen LogP contribution in [0.15, 0.2) is 35.7 Å². The number of carbonyl (C=O) groups is 2. The summed E-state index contributed by atoms with van der Waals surface area (Å²) >= 11 is 1.48. The van der Waals surface area contributed by atoms with E-state index in [1.54, 1.807) is 7.11 Å². The number of likely N-dealkylation sites (tertiary alicyclic amines) is 1. The van der Waals surface area contributed by atoms with Crippen molar-refractivity contribution in [1.29, 1.82) is 0 Å². The summed E-state index contributed by atoms with van der Waals surface area (Å²) in [6, 6.07) is 5.69. The summed E-state index contributed by atoms with van der Waals surface area (Å²) in [5, 5.41) is 2.72. The van der Waals surface area contributed by atoms with Gasteiger partial charge in [0.2, 0.25) is 11.8 Å². The first-order chi connectivity index (χ1) is 13.6. The third kappa shape index (κ3) is 3.30. The van der Waals surface area contributed by atoms with Crippen LogP contribution in [0.4, 0.5) is 0 Å². The Morgan fingerprint density at radius 1 is 1.14 bits per heavy atom. The van der Waals surface area contributed by atoms with Gasteiger partial charge in [0.25, 0.3) is 0 Å². The maximum absolute atomic E-state index is 12.6. The molecule has 1 saturated heterocycles. The van der Waals surface area contributed by atoms with Crippen molar-refractivity contribution in [1.82, 2.24) is 9.88 Å². The summed E-state index contributed by atoms with van der Waals surface area (Å²) < 4.78 is 11.0. The van der Waals surface area contributed by atoms with Crippen molar-refractivity contribution in [2.75, 3.05) is 13.7 Å². The number of hydrogen-bond donors (Lipinski definition) is 0. The first-order valence-electron chi connectivity index (χ1n) is 9.38. The molecule has 1 aromatic carbocycles. The monoisotopic (exact) mass is 398 g/mol. The first kappa shape index (κ1) is 18.7. The van der Waals surface area contributed by atoms with E-state index in [-0.39, 0.29) is 30.2 Å². The predicted molar refractivity (Wildman–Crippen MR) is 106 cm³/mol. The first-order valence-corrected chi connectivity index (χ1v) is 10.3. The number of benzene rings is 1. The smallest absolute Gasteiger partial charge is 0.233 e. The van der Waals surface area contributed by atoms with Gasteiger partial charge < -0.3 is 9.47 Å². The third-order valence-electron chi connectivity index (χ3n) is 5.18. The largest absolute Gasteiger partial charge is 0.493 e. The van der Waals surface area contributed by atoms with Crippen LogP contribution < -0.4 is 9.47 Å². The summed E-state index contributed by atoms with van der Waals surface area (Å²) in [6.45, 7) is 2.72. The maximum atomic E-state index is 12.6. The van der Waals surface area contributed by atoms with Crippen molar-refractivity contribution in [3.63, 3.8) is 0 Å². The fourth-order valence-corrected chi connectivity index (χ4v) is 4.58. The minimum atomic E-state index is -0.203. The van der Waals surface area contributed by atoms with Crippen molar-refractivity contribution in [2.45, 2.75) is 26.3 Å². The minimum absolute atomic E-state index is 0.0726. The quantitative estimate of drug-likeness (QED) is 0.549. The lowest BCUT2D eigenvalue weighted by Gasteiger charge is -2.14. The van der Waals surface area contributed by atoms with Crippen molar-refractivity contribution >= 4 is 23.2 Å². The number of fused-ring (bicyclic) bond motifs is 1. The van der Waals surface area contributed by atoms with Crippen LogP contribution in [-0.4, -0.2) is 35.4 Å². The van der Waals surface area contributed by atoms with Crippen molar-refractivity contribution in [3.8, 4) is 22.1 Å². The van der Waals surface area contributed by atoms with E-state index >= 15 is 0 Å². The van der Waals surface area contributed by atoms with Crippen LogP contribution in [0.5, 0.6) is 11.5 Å². The molecule has 2 atom stereocenters. The molecule has 0 saturated carbocycles. The van der Waals surface area contributed by atoms with Gasteiger partial charge in [-0.1, -0.05) is 12.2 Å². The molecule has 1 aliphatic carbocycles. The fraction of sp³-hybridized carbons (Fsp3) is 0.381. The molecule has 7 heteroatoms. The number of amides is 2. The molecule has 146 valence electrons. The Morgan fingerprint density at radius 3 is 2.50 bits per heavy atom. The van der Waals surface area contributed by atoms with Crippen LogP contribution in [0.1, 0.15) is 25.5 Å². The Balaban J connectivity index is 1.52. The third-order valence-corrected chi connectivity index (χ3v) is 6.12. The van der Waals surface area contributed by atoms with Gasteiger partial charge in [-0.3, -0.25) is 14.5 Å². The van der Waals surface area contributed by atoms with Gasteiger partial charge >= 0.3 is 0 Å². The molecule has 1 aliphatic heterocycles. The number of thiazole rings is 1. The Kier molecular flexibility index (Phi) is 5.17. The lowest BCUT2D eigenvalue weighted by Crippen LogP contribution is -2.30. The molecule has 2 amide bonds. The number of aromatic nitrogens is 1. The molecule has 0 spiro atoms. The van der Waals surface area contributed by atoms with E-state index in [0.29, 0.717) is 30.9 Å². The van der Waals surface area contributed by atoms with Crippen LogP contribution in [0.3, 0.4) is 0 Å². The minimum Gasteiger partial charge on any atom is -0.493 e. The molecular formula is C21H22N2O4S. The number of ether oxygens (including phenoxy) is 2. The summed E-state index contributed by atoms with van der Waals surface area (Å²) in [5.41, 5.74) is 1.63. The normalized spacial score (nSPS) is 21.1. The Morgan fingerprint density at radius 2 is 1.86 bits per heavy atom. The van der Waals surface area contributed by atoms with Gasteiger partial charge in [-0.25, -0.2) is 4.98 Å². The van der Waals surface area contributed by atoms with Crippen LogP contribution >= 0.6 is 11.3 Å². The molecule has 0 N–H and O–H groups in total. The SMILES string of the molecule is CCOc1ccc(-c2nc(CN3C(=O)[C@H]4CC=CC[C@@H]4C3=O)cs2)cc1OC. The van der Waals surface area contributed by atoms with Gasteiger partial charge in [0, 0.05) is 10.9 Å². The highest BCUT2D eigenvalue weighted by Crippen LogP contribution is 2.37. The summed E-state index contributed by atoms with van der Waals surface area (Å²) in [4.78, 5) is 31.3. The van der Waals surface area contributed by atoms with E-state index in [1.807, 2.05) is 42.7 Å². The number of carbonyl (C=O) groups excluding carboxylic acids is 2. The number of methoxy groups -OCH3 is 1. The Bertz CT molecular complexity index is 910. The second-order valence-corrected chi connectivity index (χ2v) is 7.72. The van der Waals surface area contributed by atoms with Crippen LogP contribution in [-0.2, 0) is 16.1 Å². The number of allylic oxidation sites excluding steroid dienone is 2. The zero-order valence-electron chi connectivity index (χ0n) is 15.9. The lowest BCUT2D eigenvalue weighted by molar-refractivity contribution is -0.140. The zero-order chi connectivity index (χ0) is 19.7. The number of nitrogens with zero attached hydrogens (tertiary/aromatic N) is 2. The van der Waals surface area contributed by atoms with E-state index in [4.69, 9.17) is 9.47 Å². The zero-order valence-corrected chi connectivity index (χ0v) is 16.7. The van der Waals surface area contributed by atoms with E-state index in [2.05, 4.69) is 4.98 Å². The molecule has 0 radical (unpaired) electrons. The summed E-state index contributed by atoms with van der Waals surface area (Å²) in [5.74, 6) is 0.790. The molecule has 2 heterocycles. The summed E-state index contributed by atoms with van der Waals surface area (Å²) in [6.07, 6.45) is 5.30. The van der Waals surface area contributed by atoms with E-state index in [9.17, 15) is 9.59 Å². The number of imide groups is 1. The maximum Gasteiger partial charge on any atom is 0.233 e. The highest BCUT2D eigenvalue weighted by atomic mass is 32.1. The van der Waals surface area contributed by atoms with Gasteiger partial charge in [0.1, 0.15) is 5.01 Å². The predicted octanol–water partition coefficient (Wildman–Crippen LogP) is 3.67. The molecule has 4 rings (SSSR count). The average Bonchev–Trinajstić information content (AvgIpc) is 3.28. The van der Waals surface area contributed by atoms with Crippen LogP contribution in [0.25, 0.3) is 10.6 Å². The van der Waals surface area contributed by atoms with Gasteiger partial charge in [0.05, 0.1) is 37.8 Å². The van der Waals surface area contributed by atoms with Gasteiger partial charge in [0.15, 0.2) is 11.5 Å². The second kappa shape index (κ2) is 7.75. The molecule has 1 fully saturated rings. The Labute approximate surface area is 167 Å². The van der Waals surface area contributed by atoms with E-state index < -0.39 is 0 Å². The Hall–Kier alpha value is -2.67. The van der Waals surface area contributed by atoms with E-state index in [0.717, 1.165) is 16.3 Å². The van der Waals surface area contributed by atoms with Crippen molar-refractivity contribution in [3.05, 3.63) is 41.4 Å². The molecule has 28 heavy (non-hydrogen) atoms. The average molecular weight is 398 g/mol. The van der Waals surface area contributed by atoms with Crippen molar-refractivity contribution < 1.29 is 19.1 Å². The molecule has 1 aromatic heterocycles. The fourth-order valence-electron chi connectivity index (χ4n) is 3.77. The van der Waals surface area contributed by atoms with Crippen molar-refractivity contribution in [2.24, 2.45) is 11.8 Å². The molecule has 0 bridgehead atoms. The summed E-state index contributed by atoms with van der Waals surface area (Å²) in [7, 11) is 1.60.